The first-order valence-electron chi connectivity index (χ1n) is 6.81. The maximum absolute atomic E-state index is 11.1. The van der Waals surface area contributed by atoms with Gasteiger partial charge in [0.1, 0.15) is 0 Å². The first-order valence-corrected chi connectivity index (χ1v) is 6.81. The number of carboxylic acid groups (broad SMARTS) is 1. The molecule has 0 spiro atoms. The molecular formula is C13H19N5O2. The summed E-state index contributed by atoms with van der Waals surface area (Å²) in [6.45, 7) is 7.25. The molecule has 0 aliphatic heterocycles. The summed E-state index contributed by atoms with van der Waals surface area (Å²) in [6.07, 6.45) is 1.45. The van der Waals surface area contributed by atoms with Gasteiger partial charge in [0.05, 0.1) is 23.6 Å². The predicted molar refractivity (Wildman–Crippen MR) is 72.7 cm³/mol. The van der Waals surface area contributed by atoms with Crippen LogP contribution in [-0.4, -0.2) is 35.9 Å². The van der Waals surface area contributed by atoms with Crippen LogP contribution in [0.1, 0.15) is 48.3 Å². The molecule has 2 aromatic heterocycles. The van der Waals surface area contributed by atoms with Crippen LogP contribution in [0.15, 0.2) is 6.07 Å². The summed E-state index contributed by atoms with van der Waals surface area (Å²) in [5.74, 6) is -1.04. The maximum atomic E-state index is 11.1. The van der Waals surface area contributed by atoms with Crippen LogP contribution < -0.4 is 0 Å². The molecule has 20 heavy (non-hydrogen) atoms. The van der Waals surface area contributed by atoms with Gasteiger partial charge < -0.3 is 5.11 Å². The molecule has 0 aromatic carbocycles. The van der Waals surface area contributed by atoms with Gasteiger partial charge in [-0.3, -0.25) is 4.68 Å². The zero-order chi connectivity index (χ0) is 14.7. The lowest BCUT2D eigenvalue weighted by atomic mass is 10.2. The number of nitrogens with zero attached hydrogens (tertiary/aromatic N) is 5. The number of aryl methyl sites for hydroxylation is 2. The molecule has 0 saturated carbocycles. The molecule has 7 heteroatoms. The highest BCUT2D eigenvalue weighted by molar-refractivity contribution is 5.86. The normalized spacial score (nSPS) is 10.9. The maximum Gasteiger partial charge on any atom is 0.358 e. The number of carbonyl (C=O) groups is 1. The minimum absolute atomic E-state index is 0.0331. The third-order valence-corrected chi connectivity index (χ3v) is 3.26. The number of hydrogen-bond acceptors (Lipinski definition) is 4. The Hall–Kier alpha value is -2.18. The van der Waals surface area contributed by atoms with Gasteiger partial charge in [-0.15, -0.1) is 5.10 Å². The van der Waals surface area contributed by atoms with Crippen molar-refractivity contribution in [3.63, 3.8) is 0 Å². The van der Waals surface area contributed by atoms with Crippen molar-refractivity contribution < 1.29 is 9.90 Å². The minimum atomic E-state index is -1.04. The second kappa shape index (κ2) is 5.85. The van der Waals surface area contributed by atoms with Gasteiger partial charge in [0, 0.05) is 6.54 Å². The summed E-state index contributed by atoms with van der Waals surface area (Å²) in [6, 6.07) is 2.03. The number of rotatable bonds is 6. The highest BCUT2D eigenvalue weighted by atomic mass is 16.4. The molecule has 7 nitrogen and oxygen atoms in total. The molecular weight excluding hydrogens is 258 g/mol. The number of carboxylic acids is 1. The number of aromatic carboxylic acids is 1. The van der Waals surface area contributed by atoms with E-state index in [0.717, 1.165) is 24.4 Å². The van der Waals surface area contributed by atoms with Gasteiger partial charge in [0.15, 0.2) is 5.69 Å². The van der Waals surface area contributed by atoms with Crippen molar-refractivity contribution in [2.75, 3.05) is 0 Å². The summed E-state index contributed by atoms with van der Waals surface area (Å²) in [7, 11) is 0. The van der Waals surface area contributed by atoms with E-state index in [4.69, 9.17) is 5.11 Å². The molecule has 2 heterocycles. The van der Waals surface area contributed by atoms with E-state index in [0.29, 0.717) is 18.7 Å². The quantitative estimate of drug-likeness (QED) is 0.861. The van der Waals surface area contributed by atoms with E-state index in [-0.39, 0.29) is 5.69 Å². The Labute approximate surface area is 117 Å². The number of aromatic nitrogens is 5. The fourth-order valence-corrected chi connectivity index (χ4v) is 2.22. The summed E-state index contributed by atoms with van der Waals surface area (Å²) in [5, 5.41) is 21.3. The molecule has 2 aromatic rings. The zero-order valence-corrected chi connectivity index (χ0v) is 12.0. The first-order chi connectivity index (χ1) is 9.60. The SMILES string of the molecule is CCc1cc(Cn2nnc(C(=O)O)c2CC)n(CC)n1. The molecule has 0 fully saturated rings. The Bertz CT molecular complexity index is 614. The zero-order valence-electron chi connectivity index (χ0n) is 12.0. The molecule has 108 valence electrons. The molecule has 0 radical (unpaired) electrons. The van der Waals surface area contributed by atoms with Crippen LogP contribution in [0.3, 0.4) is 0 Å². The average molecular weight is 277 g/mol. The molecule has 2 rings (SSSR count). The Morgan fingerprint density at radius 2 is 2.00 bits per heavy atom. The van der Waals surface area contributed by atoms with Gasteiger partial charge >= 0.3 is 5.97 Å². The van der Waals surface area contributed by atoms with E-state index in [1.54, 1.807) is 4.68 Å². The molecule has 0 aliphatic carbocycles. The van der Waals surface area contributed by atoms with E-state index >= 15 is 0 Å². The van der Waals surface area contributed by atoms with Crippen molar-refractivity contribution >= 4 is 5.97 Å². The van der Waals surface area contributed by atoms with Crippen LogP contribution in [0.5, 0.6) is 0 Å². The van der Waals surface area contributed by atoms with Crippen molar-refractivity contribution in [3.05, 3.63) is 28.8 Å². The summed E-state index contributed by atoms with van der Waals surface area (Å²) >= 11 is 0. The monoisotopic (exact) mass is 277 g/mol. The Kier molecular flexibility index (Phi) is 4.16. The van der Waals surface area contributed by atoms with Gasteiger partial charge in [-0.1, -0.05) is 19.1 Å². The van der Waals surface area contributed by atoms with Crippen LogP contribution in [-0.2, 0) is 25.9 Å². The fraction of sp³-hybridized carbons (Fsp3) is 0.538. The van der Waals surface area contributed by atoms with Crippen LogP contribution in [0, 0.1) is 0 Å². The highest BCUT2D eigenvalue weighted by Crippen LogP contribution is 2.12. The summed E-state index contributed by atoms with van der Waals surface area (Å²) < 4.78 is 3.56. The standard InChI is InChI=1S/C13H19N5O2/c1-4-9-7-10(17(6-3)15-9)8-18-11(5-2)12(13(19)20)14-16-18/h7H,4-6,8H2,1-3H3,(H,19,20). The molecule has 0 saturated heterocycles. The smallest absolute Gasteiger partial charge is 0.358 e. The minimum Gasteiger partial charge on any atom is -0.476 e. The van der Waals surface area contributed by atoms with Gasteiger partial charge in [-0.25, -0.2) is 9.48 Å². The predicted octanol–water partition coefficient (Wildman–Crippen LogP) is 1.37. The van der Waals surface area contributed by atoms with Gasteiger partial charge in [0.2, 0.25) is 0 Å². The van der Waals surface area contributed by atoms with Gasteiger partial charge in [-0.2, -0.15) is 5.10 Å². The van der Waals surface area contributed by atoms with Crippen molar-refractivity contribution in [1.29, 1.82) is 0 Å². The Morgan fingerprint density at radius 3 is 2.55 bits per heavy atom. The van der Waals surface area contributed by atoms with Crippen molar-refractivity contribution in [2.45, 2.75) is 46.7 Å². The van der Waals surface area contributed by atoms with Crippen LogP contribution in [0.2, 0.25) is 0 Å². The molecule has 0 aliphatic rings. The summed E-state index contributed by atoms with van der Waals surface area (Å²) in [4.78, 5) is 11.1. The van der Waals surface area contributed by atoms with Crippen molar-refractivity contribution in [3.8, 4) is 0 Å². The van der Waals surface area contributed by atoms with E-state index in [2.05, 4.69) is 22.3 Å². The van der Waals surface area contributed by atoms with Crippen molar-refractivity contribution in [2.24, 2.45) is 0 Å². The van der Waals surface area contributed by atoms with Crippen LogP contribution >= 0.6 is 0 Å². The third kappa shape index (κ3) is 2.56. The number of hydrogen-bond donors (Lipinski definition) is 1. The van der Waals surface area contributed by atoms with Crippen LogP contribution in [0.25, 0.3) is 0 Å². The average Bonchev–Trinajstić information content (AvgIpc) is 3.02. The van der Waals surface area contributed by atoms with E-state index in [1.807, 2.05) is 24.6 Å². The van der Waals surface area contributed by atoms with Gasteiger partial charge in [-0.05, 0) is 25.8 Å². The Morgan fingerprint density at radius 1 is 1.25 bits per heavy atom. The molecule has 0 amide bonds. The highest BCUT2D eigenvalue weighted by Gasteiger charge is 2.18. The van der Waals surface area contributed by atoms with Gasteiger partial charge in [0.25, 0.3) is 0 Å². The summed E-state index contributed by atoms with van der Waals surface area (Å²) in [5.41, 5.74) is 2.71. The first kappa shape index (κ1) is 14.2. The molecule has 0 bridgehead atoms. The Balaban J connectivity index is 2.34. The van der Waals surface area contributed by atoms with E-state index < -0.39 is 5.97 Å². The second-order valence-electron chi connectivity index (χ2n) is 4.50. The lowest BCUT2D eigenvalue weighted by molar-refractivity contribution is 0.0689. The third-order valence-electron chi connectivity index (χ3n) is 3.26. The second-order valence-corrected chi connectivity index (χ2v) is 4.50. The lowest BCUT2D eigenvalue weighted by Crippen LogP contribution is -2.12. The molecule has 0 unspecified atom stereocenters. The molecule has 0 atom stereocenters. The van der Waals surface area contributed by atoms with Crippen molar-refractivity contribution in [1.82, 2.24) is 24.8 Å². The van der Waals surface area contributed by atoms with E-state index in [1.165, 1.54) is 0 Å². The topological polar surface area (TPSA) is 85.8 Å². The fourth-order valence-electron chi connectivity index (χ4n) is 2.22. The lowest BCUT2D eigenvalue weighted by Gasteiger charge is -2.07. The molecule has 1 N–H and O–H groups in total. The van der Waals surface area contributed by atoms with Crippen LogP contribution in [0.4, 0.5) is 0 Å². The largest absolute Gasteiger partial charge is 0.476 e. The van der Waals surface area contributed by atoms with E-state index in [9.17, 15) is 4.79 Å².